The number of halogens is 3. The van der Waals surface area contributed by atoms with Crippen molar-refractivity contribution in [3.8, 4) is 11.1 Å². The second-order valence-electron chi connectivity index (χ2n) is 10.2. The van der Waals surface area contributed by atoms with Gasteiger partial charge >= 0.3 is 13.1 Å². The summed E-state index contributed by atoms with van der Waals surface area (Å²) >= 11 is 4.56. The van der Waals surface area contributed by atoms with Gasteiger partial charge in [-0.05, 0) is 59.7 Å². The van der Waals surface area contributed by atoms with Crippen LogP contribution in [-0.4, -0.2) is 50.8 Å². The molecule has 2 aliphatic rings. The van der Waals surface area contributed by atoms with Gasteiger partial charge in [-0.15, -0.1) is 12.6 Å². The summed E-state index contributed by atoms with van der Waals surface area (Å²) in [7, 11) is 0. The van der Waals surface area contributed by atoms with E-state index in [4.69, 9.17) is 4.74 Å². The van der Waals surface area contributed by atoms with Gasteiger partial charge in [0, 0.05) is 42.7 Å². The van der Waals surface area contributed by atoms with E-state index in [0.717, 1.165) is 22.4 Å². The molecule has 9 heteroatoms. The van der Waals surface area contributed by atoms with E-state index in [0.29, 0.717) is 47.8 Å². The molecular weight excluding hydrogens is 508 g/mol. The summed E-state index contributed by atoms with van der Waals surface area (Å²) in [5.74, 6) is -0.00652. The van der Waals surface area contributed by atoms with Crippen molar-refractivity contribution >= 4 is 31.4 Å². The highest BCUT2D eigenvalue weighted by molar-refractivity contribution is 7.80. The first-order valence-electron chi connectivity index (χ1n) is 12.9. The number of piperazine rings is 1. The molecule has 1 aliphatic heterocycles. The summed E-state index contributed by atoms with van der Waals surface area (Å²) in [4.78, 5) is 17.4. The minimum Gasteiger partial charge on any atom is -0.449 e. The van der Waals surface area contributed by atoms with E-state index >= 15 is 0 Å². The van der Waals surface area contributed by atoms with Crippen molar-refractivity contribution in [2.24, 2.45) is 0 Å². The lowest BCUT2D eigenvalue weighted by molar-refractivity contribution is 0.0976. The van der Waals surface area contributed by atoms with Crippen molar-refractivity contribution in [1.29, 1.82) is 0 Å². The number of anilines is 1. The number of nitrogens with zero attached hydrogens (tertiary/aromatic N) is 2. The van der Waals surface area contributed by atoms with Crippen LogP contribution in [0.1, 0.15) is 39.3 Å². The molecule has 1 aliphatic carbocycles. The van der Waals surface area contributed by atoms with Gasteiger partial charge < -0.3 is 27.5 Å². The SMILES string of the molecule is Cc1c(S)c(C)c(N2CCN(C(=O)OCC3c4ccccc4-c4ccccc43)CC2)c(C)c1C[B-](F)(F)F. The number of fused-ring (bicyclic) bond motifs is 3. The van der Waals surface area contributed by atoms with Crippen LogP contribution in [0.25, 0.3) is 11.1 Å². The van der Waals surface area contributed by atoms with Crippen molar-refractivity contribution in [2.75, 3.05) is 37.7 Å². The van der Waals surface area contributed by atoms with E-state index in [9.17, 15) is 17.7 Å². The third-order valence-corrected chi connectivity index (χ3v) is 8.62. The molecule has 5 rings (SSSR count). The molecule has 0 atom stereocenters. The van der Waals surface area contributed by atoms with E-state index in [-0.39, 0.29) is 18.6 Å². The number of benzene rings is 3. The molecule has 38 heavy (non-hydrogen) atoms. The number of ether oxygens (including phenoxy) is 1. The summed E-state index contributed by atoms with van der Waals surface area (Å²) in [6.07, 6.45) is -1.28. The molecule has 0 saturated carbocycles. The third-order valence-electron chi connectivity index (χ3n) is 7.95. The fourth-order valence-electron chi connectivity index (χ4n) is 6.05. The molecule has 4 nitrogen and oxygen atoms in total. The molecule has 1 fully saturated rings. The molecule has 1 amide bonds. The number of rotatable bonds is 5. The molecule has 0 N–H and O–H groups in total. The maximum Gasteiger partial charge on any atom is 0.482 e. The van der Waals surface area contributed by atoms with Gasteiger partial charge in [-0.3, -0.25) is 0 Å². The molecule has 0 bridgehead atoms. The normalized spacial score (nSPS) is 15.4. The lowest BCUT2D eigenvalue weighted by Crippen LogP contribution is -2.49. The van der Waals surface area contributed by atoms with E-state index in [1.54, 1.807) is 18.7 Å². The van der Waals surface area contributed by atoms with Crippen LogP contribution in [0.2, 0.25) is 0 Å². The van der Waals surface area contributed by atoms with Crippen LogP contribution in [0.3, 0.4) is 0 Å². The highest BCUT2D eigenvalue weighted by atomic mass is 32.1. The van der Waals surface area contributed by atoms with E-state index in [1.165, 1.54) is 11.1 Å². The quantitative estimate of drug-likeness (QED) is 0.283. The maximum absolute atomic E-state index is 13.4. The van der Waals surface area contributed by atoms with Gasteiger partial charge in [0.1, 0.15) is 6.61 Å². The second-order valence-corrected chi connectivity index (χ2v) is 10.7. The molecule has 0 spiro atoms. The number of carbonyl (C=O) groups excluding carboxylic acids is 1. The Bertz CT molecular complexity index is 1340. The first kappa shape index (κ1) is 26.5. The molecule has 200 valence electrons. The minimum atomic E-state index is -4.97. The standard InChI is InChI=1S/C29H31BF3N2O2S/c1-18-25(16-30(31,32)33)19(2)28(38)20(3)27(18)34-12-14-35(15-13-34)29(36)37-17-26-23-10-6-4-8-21(23)22-9-5-7-11-24(22)26/h4-11,26,38H,12-17H2,1-3H3/q-1. The zero-order valence-corrected chi connectivity index (χ0v) is 22.7. The molecule has 3 aromatic carbocycles. The number of hydrogen-bond donors (Lipinski definition) is 1. The Labute approximate surface area is 227 Å². The van der Waals surface area contributed by atoms with E-state index < -0.39 is 13.3 Å². The van der Waals surface area contributed by atoms with Crippen molar-refractivity contribution in [3.63, 3.8) is 0 Å². The number of amides is 1. The number of carbonyl (C=O) groups is 1. The van der Waals surface area contributed by atoms with Gasteiger partial charge in [0.15, 0.2) is 0 Å². The van der Waals surface area contributed by atoms with Gasteiger partial charge in [0.05, 0.1) is 0 Å². The molecule has 0 radical (unpaired) electrons. The Morgan fingerprint density at radius 2 is 1.45 bits per heavy atom. The molecule has 1 saturated heterocycles. The van der Waals surface area contributed by atoms with Crippen LogP contribution in [0.5, 0.6) is 0 Å². The highest BCUT2D eigenvalue weighted by Crippen LogP contribution is 2.44. The van der Waals surface area contributed by atoms with Crippen LogP contribution >= 0.6 is 12.6 Å². The fourth-order valence-corrected chi connectivity index (χ4v) is 6.29. The Morgan fingerprint density at radius 1 is 0.895 bits per heavy atom. The molecule has 0 unspecified atom stereocenters. The van der Waals surface area contributed by atoms with Crippen molar-refractivity contribution in [2.45, 2.75) is 37.9 Å². The van der Waals surface area contributed by atoms with Gasteiger partial charge in [0.25, 0.3) is 0 Å². The summed E-state index contributed by atoms with van der Waals surface area (Å²) < 4.78 is 45.9. The van der Waals surface area contributed by atoms with Gasteiger partial charge in [0.2, 0.25) is 0 Å². The molecular formula is C29H31BF3N2O2S-. The summed E-state index contributed by atoms with van der Waals surface area (Å²) in [6.45, 7) is 2.55. The minimum absolute atomic E-state index is 0.00652. The zero-order chi connectivity index (χ0) is 27.2. The largest absolute Gasteiger partial charge is 0.482 e. The molecule has 0 aromatic heterocycles. The van der Waals surface area contributed by atoms with Crippen molar-refractivity contribution < 1.29 is 22.5 Å². The average molecular weight is 539 g/mol. The van der Waals surface area contributed by atoms with E-state index in [1.807, 2.05) is 31.2 Å². The number of hydrogen-bond acceptors (Lipinski definition) is 4. The van der Waals surface area contributed by atoms with Gasteiger partial charge in [-0.25, -0.2) is 4.79 Å². The van der Waals surface area contributed by atoms with E-state index in [2.05, 4.69) is 41.8 Å². The maximum atomic E-state index is 13.4. The van der Waals surface area contributed by atoms with Crippen LogP contribution in [-0.2, 0) is 11.1 Å². The second kappa shape index (κ2) is 10.2. The predicted molar refractivity (Wildman–Crippen MR) is 150 cm³/mol. The van der Waals surface area contributed by atoms with Crippen LogP contribution in [0.15, 0.2) is 53.4 Å². The molecule has 3 aromatic rings. The van der Waals surface area contributed by atoms with Gasteiger partial charge in [-0.1, -0.05) is 60.4 Å². The molecule has 1 heterocycles. The Kier molecular flexibility index (Phi) is 7.16. The third kappa shape index (κ3) is 4.88. The monoisotopic (exact) mass is 539 g/mol. The van der Waals surface area contributed by atoms with Crippen LogP contribution in [0.4, 0.5) is 23.4 Å². The topological polar surface area (TPSA) is 32.8 Å². The Balaban J connectivity index is 1.27. The Hall–Kier alpha value is -3.07. The van der Waals surface area contributed by atoms with Crippen molar-refractivity contribution in [3.05, 3.63) is 81.9 Å². The average Bonchev–Trinajstić information content (AvgIpc) is 3.22. The van der Waals surface area contributed by atoms with Gasteiger partial charge in [-0.2, -0.15) is 0 Å². The lowest BCUT2D eigenvalue weighted by atomic mass is 9.77. The summed E-state index contributed by atoms with van der Waals surface area (Å²) in [6, 6.07) is 16.4. The van der Waals surface area contributed by atoms with Crippen molar-refractivity contribution in [1.82, 2.24) is 4.90 Å². The van der Waals surface area contributed by atoms with Crippen LogP contribution < -0.4 is 4.90 Å². The summed E-state index contributed by atoms with van der Waals surface area (Å²) in [5, 5.41) is 0. The smallest absolute Gasteiger partial charge is 0.449 e. The number of thiol groups is 1. The van der Waals surface area contributed by atoms with Crippen LogP contribution in [0, 0.1) is 20.8 Å². The first-order valence-corrected chi connectivity index (χ1v) is 13.4. The Morgan fingerprint density at radius 3 is 2.00 bits per heavy atom. The predicted octanol–water partition coefficient (Wildman–Crippen LogP) is 6.90. The fraction of sp³-hybridized carbons (Fsp3) is 0.345. The first-order chi connectivity index (χ1) is 18.1. The highest BCUT2D eigenvalue weighted by Gasteiger charge is 2.32. The lowest BCUT2D eigenvalue weighted by Gasteiger charge is -2.38. The zero-order valence-electron chi connectivity index (χ0n) is 21.8. The summed E-state index contributed by atoms with van der Waals surface area (Å²) in [5.41, 5.74) is 7.88.